The molecule has 27 heavy (non-hydrogen) atoms. The summed E-state index contributed by atoms with van der Waals surface area (Å²) >= 11 is 0. The highest BCUT2D eigenvalue weighted by atomic mass is 32.2. The molecule has 1 aromatic carbocycles. The summed E-state index contributed by atoms with van der Waals surface area (Å²) in [6.45, 7) is 8.44. The summed E-state index contributed by atoms with van der Waals surface area (Å²) in [6.07, 6.45) is 1.12. The van der Waals surface area contributed by atoms with E-state index in [4.69, 9.17) is 8.92 Å². The lowest BCUT2D eigenvalue weighted by molar-refractivity contribution is -0.0779. The van der Waals surface area contributed by atoms with E-state index < -0.39 is 27.6 Å². The van der Waals surface area contributed by atoms with Crippen LogP contribution in [0.4, 0.5) is 9.18 Å². The fraction of sp³-hybridized carbons (Fsp3) is 0.632. The van der Waals surface area contributed by atoms with Crippen LogP contribution in [-0.2, 0) is 24.6 Å². The maximum Gasteiger partial charge on any atom is 0.410 e. The Morgan fingerprint density at radius 1 is 1.30 bits per heavy atom. The van der Waals surface area contributed by atoms with Gasteiger partial charge >= 0.3 is 6.09 Å². The van der Waals surface area contributed by atoms with Crippen molar-refractivity contribution < 1.29 is 26.5 Å². The molecule has 1 amide bonds. The van der Waals surface area contributed by atoms with E-state index in [1.54, 1.807) is 17.0 Å². The molecule has 0 N–H and O–H groups in total. The van der Waals surface area contributed by atoms with Gasteiger partial charge in [0.2, 0.25) is 0 Å². The molecule has 0 spiro atoms. The molecule has 1 heterocycles. The van der Waals surface area contributed by atoms with Crippen molar-refractivity contribution in [2.45, 2.75) is 52.2 Å². The molecule has 1 aliphatic heterocycles. The number of nitrogens with zero attached hydrogens (tertiary/aromatic N) is 1. The molecule has 6 nitrogen and oxygen atoms in total. The normalized spacial score (nSPS) is 22.4. The molecule has 8 heteroatoms. The summed E-state index contributed by atoms with van der Waals surface area (Å²) in [5.74, 6) is -0.397. The summed E-state index contributed by atoms with van der Waals surface area (Å²) in [4.78, 5) is 14.4. The molecule has 0 saturated carbocycles. The number of carbonyl (C=O) groups is 1. The lowest BCUT2D eigenvalue weighted by atomic mass is 9.83. The number of cyclic esters (lactones) is 1. The van der Waals surface area contributed by atoms with Crippen molar-refractivity contribution in [1.82, 2.24) is 4.90 Å². The minimum Gasteiger partial charge on any atom is -0.438 e. The van der Waals surface area contributed by atoms with Gasteiger partial charge in [-0.3, -0.25) is 4.18 Å². The van der Waals surface area contributed by atoms with E-state index in [0.717, 1.165) is 6.26 Å². The van der Waals surface area contributed by atoms with Gasteiger partial charge in [-0.05, 0) is 30.0 Å². The predicted octanol–water partition coefficient (Wildman–Crippen LogP) is 3.66. The van der Waals surface area contributed by atoms with Crippen LogP contribution in [0.15, 0.2) is 24.3 Å². The summed E-state index contributed by atoms with van der Waals surface area (Å²) in [5.41, 5.74) is -0.546. The largest absolute Gasteiger partial charge is 0.438 e. The van der Waals surface area contributed by atoms with Crippen molar-refractivity contribution in [2.75, 3.05) is 19.4 Å². The molecule has 1 saturated heterocycles. The number of hydrogen-bond donors (Lipinski definition) is 0. The zero-order chi connectivity index (χ0) is 20.5. The van der Waals surface area contributed by atoms with E-state index in [-0.39, 0.29) is 24.5 Å². The van der Waals surface area contributed by atoms with Crippen LogP contribution in [0.2, 0.25) is 0 Å². The summed E-state index contributed by atoms with van der Waals surface area (Å²) in [6, 6.07) is 5.68. The first-order valence-electron chi connectivity index (χ1n) is 8.94. The Morgan fingerprint density at radius 3 is 2.37 bits per heavy atom. The minimum absolute atomic E-state index is 0.0384. The SMILES string of the molecule is CC(N1CCC(CCOS(C)(=O)=O)(c2ccc(F)cc2)OC1=O)C(C)(C)C. The fourth-order valence-electron chi connectivity index (χ4n) is 3.12. The van der Waals surface area contributed by atoms with Crippen molar-refractivity contribution in [2.24, 2.45) is 5.41 Å². The monoisotopic (exact) mass is 401 g/mol. The second-order valence-electron chi connectivity index (χ2n) is 8.13. The quantitative estimate of drug-likeness (QED) is 0.680. The Morgan fingerprint density at radius 2 is 1.89 bits per heavy atom. The maximum absolute atomic E-state index is 13.3. The Labute approximate surface area is 160 Å². The number of carbonyl (C=O) groups excluding carboxylic acids is 1. The average molecular weight is 402 g/mol. The molecule has 1 aromatic rings. The van der Waals surface area contributed by atoms with Gasteiger partial charge in [0.1, 0.15) is 11.4 Å². The second kappa shape index (κ2) is 7.75. The Bertz CT molecular complexity index is 772. The molecule has 0 aromatic heterocycles. The topological polar surface area (TPSA) is 72.9 Å². The van der Waals surface area contributed by atoms with Gasteiger partial charge in [-0.2, -0.15) is 8.42 Å². The van der Waals surface area contributed by atoms with Crippen molar-refractivity contribution in [3.63, 3.8) is 0 Å². The highest BCUT2D eigenvalue weighted by Gasteiger charge is 2.44. The zero-order valence-corrected chi connectivity index (χ0v) is 17.3. The van der Waals surface area contributed by atoms with Crippen molar-refractivity contribution in [1.29, 1.82) is 0 Å². The van der Waals surface area contributed by atoms with Gasteiger partial charge in [0.25, 0.3) is 10.1 Å². The first-order valence-corrected chi connectivity index (χ1v) is 10.8. The van der Waals surface area contributed by atoms with Gasteiger partial charge in [-0.15, -0.1) is 0 Å². The summed E-state index contributed by atoms with van der Waals surface area (Å²) in [5, 5.41) is 0. The number of rotatable bonds is 6. The molecule has 152 valence electrons. The molecule has 2 rings (SSSR count). The van der Waals surface area contributed by atoms with E-state index >= 15 is 0 Å². The van der Waals surface area contributed by atoms with Gasteiger partial charge in [0, 0.05) is 25.4 Å². The summed E-state index contributed by atoms with van der Waals surface area (Å²) in [7, 11) is -3.61. The van der Waals surface area contributed by atoms with E-state index in [9.17, 15) is 17.6 Å². The molecule has 1 aliphatic rings. The van der Waals surface area contributed by atoms with Crippen molar-refractivity contribution >= 4 is 16.2 Å². The van der Waals surface area contributed by atoms with Crippen molar-refractivity contribution in [3.8, 4) is 0 Å². The van der Waals surface area contributed by atoms with E-state index in [1.165, 1.54) is 12.1 Å². The van der Waals surface area contributed by atoms with Crippen LogP contribution in [0.1, 0.15) is 46.1 Å². The number of ether oxygens (including phenoxy) is 1. The Kier molecular flexibility index (Phi) is 6.21. The highest BCUT2D eigenvalue weighted by Crippen LogP contribution is 2.39. The number of amides is 1. The second-order valence-corrected chi connectivity index (χ2v) is 9.77. The zero-order valence-electron chi connectivity index (χ0n) is 16.5. The molecule has 0 aliphatic carbocycles. The molecule has 2 atom stereocenters. The van der Waals surface area contributed by atoms with Gasteiger partial charge in [0.05, 0.1) is 12.9 Å². The van der Waals surface area contributed by atoms with E-state index in [2.05, 4.69) is 0 Å². The first-order chi connectivity index (χ1) is 12.3. The highest BCUT2D eigenvalue weighted by molar-refractivity contribution is 7.85. The van der Waals surface area contributed by atoms with Gasteiger partial charge in [0.15, 0.2) is 0 Å². The van der Waals surface area contributed by atoms with Crippen LogP contribution in [0.5, 0.6) is 0 Å². The van der Waals surface area contributed by atoms with Gasteiger partial charge in [-0.1, -0.05) is 32.9 Å². The molecule has 2 unspecified atom stereocenters. The van der Waals surface area contributed by atoms with Crippen molar-refractivity contribution in [3.05, 3.63) is 35.6 Å². The number of halogens is 1. The summed E-state index contributed by atoms with van der Waals surface area (Å²) < 4.78 is 46.6. The van der Waals surface area contributed by atoms with Crippen LogP contribution < -0.4 is 0 Å². The van der Waals surface area contributed by atoms with Crippen LogP contribution in [0.25, 0.3) is 0 Å². The number of hydrogen-bond acceptors (Lipinski definition) is 5. The van der Waals surface area contributed by atoms with Crippen LogP contribution in [-0.4, -0.2) is 44.9 Å². The van der Waals surface area contributed by atoms with Gasteiger partial charge < -0.3 is 9.64 Å². The average Bonchev–Trinajstić information content (AvgIpc) is 2.53. The Hall–Kier alpha value is -1.67. The lowest BCUT2D eigenvalue weighted by Gasteiger charge is -2.46. The lowest BCUT2D eigenvalue weighted by Crippen LogP contribution is -2.54. The molecule has 0 radical (unpaired) electrons. The third-order valence-corrected chi connectivity index (χ3v) is 5.76. The first kappa shape index (κ1) is 21.6. The van der Waals surface area contributed by atoms with Crippen LogP contribution in [0.3, 0.4) is 0 Å². The fourth-order valence-corrected chi connectivity index (χ4v) is 3.51. The standard InChI is InChI=1S/C19H28FNO5S/c1-14(18(2,3)4)21-12-10-19(26-17(21)22,11-13-25-27(5,23)24)15-6-8-16(20)9-7-15/h6-9,14H,10-13H2,1-5H3. The molecule has 1 fully saturated rings. The Balaban J connectivity index is 2.27. The predicted molar refractivity (Wildman–Crippen MR) is 100 cm³/mol. The maximum atomic E-state index is 13.3. The number of benzene rings is 1. The van der Waals surface area contributed by atoms with Crippen LogP contribution >= 0.6 is 0 Å². The van der Waals surface area contributed by atoms with Gasteiger partial charge in [-0.25, -0.2) is 9.18 Å². The third-order valence-electron chi connectivity index (χ3n) is 5.17. The van der Waals surface area contributed by atoms with E-state index in [1.807, 2.05) is 27.7 Å². The smallest absolute Gasteiger partial charge is 0.410 e. The van der Waals surface area contributed by atoms with E-state index in [0.29, 0.717) is 18.5 Å². The minimum atomic E-state index is -3.61. The third kappa shape index (κ3) is 5.42. The molecular formula is C19H28FNO5S. The molecular weight excluding hydrogens is 373 g/mol. The van der Waals surface area contributed by atoms with Crippen LogP contribution in [0, 0.1) is 11.2 Å². The molecule has 0 bridgehead atoms.